The van der Waals surface area contributed by atoms with Crippen molar-refractivity contribution in [2.75, 3.05) is 5.73 Å². The predicted molar refractivity (Wildman–Crippen MR) is 66.2 cm³/mol. The van der Waals surface area contributed by atoms with Crippen molar-refractivity contribution in [1.82, 2.24) is 19.7 Å². The molecule has 0 aliphatic carbocycles. The van der Waals surface area contributed by atoms with Gasteiger partial charge in [-0.1, -0.05) is 6.07 Å². The molecule has 5 nitrogen and oxygen atoms in total. The van der Waals surface area contributed by atoms with Gasteiger partial charge in [-0.25, -0.2) is 9.67 Å². The van der Waals surface area contributed by atoms with Gasteiger partial charge in [-0.15, -0.1) is 0 Å². The quantitative estimate of drug-likeness (QED) is 0.683. The Morgan fingerprint density at radius 1 is 1.24 bits per heavy atom. The van der Waals surface area contributed by atoms with Crippen LogP contribution in [-0.4, -0.2) is 19.7 Å². The van der Waals surface area contributed by atoms with Gasteiger partial charge in [0.1, 0.15) is 5.69 Å². The highest BCUT2D eigenvalue weighted by atomic mass is 15.3. The first-order valence-corrected chi connectivity index (χ1v) is 5.25. The van der Waals surface area contributed by atoms with Crippen LogP contribution in [-0.2, 0) is 7.05 Å². The second-order valence-electron chi connectivity index (χ2n) is 3.83. The highest BCUT2D eigenvalue weighted by Crippen LogP contribution is 2.25. The molecule has 0 amide bonds. The number of fused-ring (bicyclic) bond motifs is 1. The molecule has 0 atom stereocenters. The Kier molecular flexibility index (Phi) is 2.04. The van der Waals surface area contributed by atoms with Gasteiger partial charge in [0, 0.05) is 13.2 Å². The fourth-order valence-corrected chi connectivity index (χ4v) is 1.85. The maximum atomic E-state index is 5.76. The van der Waals surface area contributed by atoms with E-state index in [2.05, 4.69) is 15.1 Å². The third kappa shape index (κ3) is 1.52. The molecule has 0 aliphatic heterocycles. The van der Waals surface area contributed by atoms with Crippen molar-refractivity contribution in [1.29, 1.82) is 0 Å². The van der Waals surface area contributed by atoms with E-state index < -0.39 is 0 Å². The number of anilines is 1. The van der Waals surface area contributed by atoms with E-state index in [-0.39, 0.29) is 0 Å². The summed E-state index contributed by atoms with van der Waals surface area (Å²) in [5, 5.41) is 5.36. The van der Waals surface area contributed by atoms with Gasteiger partial charge >= 0.3 is 0 Å². The van der Waals surface area contributed by atoms with Gasteiger partial charge in [0.15, 0.2) is 5.65 Å². The van der Waals surface area contributed by atoms with Crippen LogP contribution in [0.5, 0.6) is 0 Å². The maximum absolute atomic E-state index is 5.76. The minimum Gasteiger partial charge on any atom is -0.397 e. The molecule has 84 valence electrons. The first-order chi connectivity index (χ1) is 8.25. The smallest absolute Gasteiger partial charge is 0.158 e. The Morgan fingerprint density at radius 2 is 2.12 bits per heavy atom. The van der Waals surface area contributed by atoms with Crippen LogP contribution in [0.3, 0.4) is 0 Å². The van der Waals surface area contributed by atoms with Crippen molar-refractivity contribution >= 4 is 16.7 Å². The van der Waals surface area contributed by atoms with Gasteiger partial charge in [0.2, 0.25) is 0 Å². The topological polar surface area (TPSA) is 69.6 Å². The van der Waals surface area contributed by atoms with Gasteiger partial charge in [-0.05, 0) is 18.2 Å². The summed E-state index contributed by atoms with van der Waals surface area (Å²) in [5.74, 6) is 0. The van der Waals surface area contributed by atoms with Crippen LogP contribution in [0.1, 0.15) is 0 Å². The van der Waals surface area contributed by atoms with Gasteiger partial charge in [-0.2, -0.15) is 5.10 Å². The molecule has 3 rings (SSSR count). The molecule has 0 fully saturated rings. The third-order valence-corrected chi connectivity index (χ3v) is 2.61. The summed E-state index contributed by atoms with van der Waals surface area (Å²) in [5.41, 5.74) is 8.83. The van der Waals surface area contributed by atoms with Crippen LogP contribution >= 0.6 is 0 Å². The lowest BCUT2D eigenvalue weighted by molar-refractivity contribution is 0.789. The van der Waals surface area contributed by atoms with E-state index in [0.717, 1.165) is 22.4 Å². The lowest BCUT2D eigenvalue weighted by atomic mass is 10.2. The van der Waals surface area contributed by atoms with Crippen molar-refractivity contribution in [3.05, 3.63) is 36.7 Å². The van der Waals surface area contributed by atoms with Gasteiger partial charge < -0.3 is 5.73 Å². The molecular formula is C12H11N5. The summed E-state index contributed by atoms with van der Waals surface area (Å²) in [7, 11) is 1.86. The second kappa shape index (κ2) is 3.55. The fourth-order valence-electron chi connectivity index (χ4n) is 1.85. The normalized spacial score (nSPS) is 10.9. The van der Waals surface area contributed by atoms with E-state index in [1.165, 1.54) is 0 Å². The Labute approximate surface area is 97.9 Å². The summed E-state index contributed by atoms with van der Waals surface area (Å²) in [6.45, 7) is 0. The summed E-state index contributed by atoms with van der Waals surface area (Å²) in [4.78, 5) is 8.57. The molecule has 2 N–H and O–H groups in total. The molecule has 0 bridgehead atoms. The summed E-state index contributed by atoms with van der Waals surface area (Å²) < 4.78 is 1.73. The number of nitrogen functional groups attached to an aromatic ring is 1. The minimum atomic E-state index is 0.627. The number of aromatic nitrogens is 4. The highest BCUT2D eigenvalue weighted by Gasteiger charge is 2.12. The Bertz CT molecular complexity index is 672. The van der Waals surface area contributed by atoms with E-state index in [0.29, 0.717) is 5.69 Å². The van der Waals surface area contributed by atoms with Gasteiger partial charge in [0.05, 0.1) is 23.0 Å². The predicted octanol–water partition coefficient (Wildman–Crippen LogP) is 1.61. The fraction of sp³-hybridized carbons (Fsp3) is 0.0833. The van der Waals surface area contributed by atoms with Crippen molar-refractivity contribution in [3.8, 4) is 11.4 Å². The molecule has 17 heavy (non-hydrogen) atoms. The second-order valence-corrected chi connectivity index (χ2v) is 3.83. The number of hydrogen-bond donors (Lipinski definition) is 1. The average Bonchev–Trinajstić information content (AvgIpc) is 2.67. The Balaban J connectivity index is 2.34. The van der Waals surface area contributed by atoms with E-state index in [4.69, 9.17) is 5.73 Å². The standard InChI is InChI=1S/C12H11N5/c1-17-12-9(6-8(13)7-15-12)11(16-17)10-4-2-3-5-14-10/h2-7H,13H2,1H3. The summed E-state index contributed by atoms with van der Waals surface area (Å²) in [6, 6.07) is 7.61. The van der Waals surface area contributed by atoms with E-state index in [1.54, 1.807) is 17.1 Å². The zero-order chi connectivity index (χ0) is 11.8. The third-order valence-electron chi connectivity index (χ3n) is 2.61. The minimum absolute atomic E-state index is 0.627. The van der Waals surface area contributed by atoms with Crippen LogP contribution in [0.4, 0.5) is 5.69 Å². The first kappa shape index (κ1) is 9.77. The number of nitrogens with two attached hydrogens (primary N) is 1. The molecule has 0 aromatic carbocycles. The molecule has 0 aliphatic rings. The molecular weight excluding hydrogens is 214 g/mol. The Hall–Kier alpha value is -2.43. The molecule has 0 saturated heterocycles. The molecule has 3 aromatic rings. The van der Waals surface area contributed by atoms with Crippen LogP contribution < -0.4 is 5.73 Å². The summed E-state index contributed by atoms with van der Waals surface area (Å²) >= 11 is 0. The van der Waals surface area contributed by atoms with E-state index in [1.807, 2.05) is 31.3 Å². The van der Waals surface area contributed by atoms with Crippen LogP contribution in [0.25, 0.3) is 22.4 Å². The molecule has 3 heterocycles. The van der Waals surface area contributed by atoms with Gasteiger partial charge in [-0.3, -0.25) is 4.98 Å². The highest BCUT2D eigenvalue weighted by molar-refractivity contribution is 5.91. The SMILES string of the molecule is Cn1nc(-c2ccccn2)c2cc(N)cnc21. The number of rotatable bonds is 1. The molecule has 0 saturated carbocycles. The zero-order valence-electron chi connectivity index (χ0n) is 9.33. The number of nitrogens with zero attached hydrogens (tertiary/aromatic N) is 4. The largest absolute Gasteiger partial charge is 0.397 e. The van der Waals surface area contributed by atoms with Gasteiger partial charge in [0.25, 0.3) is 0 Å². The zero-order valence-corrected chi connectivity index (χ0v) is 9.33. The van der Waals surface area contributed by atoms with Crippen LogP contribution in [0.15, 0.2) is 36.7 Å². The van der Waals surface area contributed by atoms with Crippen molar-refractivity contribution in [2.24, 2.45) is 7.05 Å². The molecule has 0 radical (unpaired) electrons. The van der Waals surface area contributed by atoms with Crippen molar-refractivity contribution in [2.45, 2.75) is 0 Å². The molecule has 5 heteroatoms. The van der Waals surface area contributed by atoms with Crippen molar-refractivity contribution < 1.29 is 0 Å². The summed E-state index contributed by atoms with van der Waals surface area (Å²) in [6.07, 6.45) is 3.38. The Morgan fingerprint density at radius 3 is 2.88 bits per heavy atom. The van der Waals surface area contributed by atoms with Crippen LogP contribution in [0.2, 0.25) is 0 Å². The van der Waals surface area contributed by atoms with Crippen molar-refractivity contribution in [3.63, 3.8) is 0 Å². The lowest BCUT2D eigenvalue weighted by Gasteiger charge is -1.96. The van der Waals surface area contributed by atoms with E-state index >= 15 is 0 Å². The number of hydrogen-bond acceptors (Lipinski definition) is 4. The van der Waals surface area contributed by atoms with Crippen LogP contribution in [0, 0.1) is 0 Å². The first-order valence-electron chi connectivity index (χ1n) is 5.25. The average molecular weight is 225 g/mol. The molecule has 0 unspecified atom stereocenters. The molecule has 0 spiro atoms. The maximum Gasteiger partial charge on any atom is 0.158 e. The monoisotopic (exact) mass is 225 g/mol. The number of aryl methyl sites for hydroxylation is 1. The van der Waals surface area contributed by atoms with E-state index in [9.17, 15) is 0 Å². The lowest BCUT2D eigenvalue weighted by Crippen LogP contribution is -1.92. The number of pyridine rings is 2. The molecule has 3 aromatic heterocycles.